The summed E-state index contributed by atoms with van der Waals surface area (Å²) in [4.78, 5) is 23.5. The smallest absolute Gasteiger partial charge is 0.335 e. The van der Waals surface area contributed by atoms with Gasteiger partial charge >= 0.3 is 5.97 Å². The lowest BCUT2D eigenvalue weighted by atomic mass is 10.0. The first-order valence-corrected chi connectivity index (χ1v) is 8.74. The molecule has 0 unspecified atom stereocenters. The Balaban J connectivity index is 2.17. The number of hydrogen-bond donors (Lipinski definition) is 2. The highest BCUT2D eigenvalue weighted by atomic mass is 35.5. The number of carbonyl (C=O) groups excluding carboxylic acids is 1. The van der Waals surface area contributed by atoms with E-state index in [4.69, 9.17) is 26.2 Å². The number of amides is 1. The van der Waals surface area contributed by atoms with Crippen molar-refractivity contribution in [3.05, 3.63) is 52.0 Å². The summed E-state index contributed by atoms with van der Waals surface area (Å²) in [5.41, 5.74) is 2.14. The molecule has 0 aromatic heterocycles. The molecule has 0 atom stereocenters. The number of carboxylic acids is 1. The van der Waals surface area contributed by atoms with Gasteiger partial charge in [-0.2, -0.15) is 0 Å². The second kappa shape index (κ2) is 8.77. The number of nitrogens with one attached hydrogen (secondary N) is 1. The fourth-order valence-electron chi connectivity index (χ4n) is 2.59. The minimum Gasteiger partial charge on any atom is -0.493 e. The summed E-state index contributed by atoms with van der Waals surface area (Å²) >= 11 is 6.04. The number of hydrogen-bond acceptors (Lipinski definition) is 4. The third-order valence-electron chi connectivity index (χ3n) is 3.92. The van der Waals surface area contributed by atoms with Crippen molar-refractivity contribution in [1.29, 1.82) is 0 Å². The maximum atomic E-state index is 12.3. The topological polar surface area (TPSA) is 84.9 Å². The normalized spacial score (nSPS) is 10.6. The number of rotatable bonds is 7. The first-order chi connectivity index (χ1) is 12.7. The van der Waals surface area contributed by atoms with E-state index in [-0.39, 0.29) is 34.5 Å². The van der Waals surface area contributed by atoms with Gasteiger partial charge in [-0.25, -0.2) is 4.79 Å². The molecule has 7 heteroatoms. The van der Waals surface area contributed by atoms with Gasteiger partial charge in [0.15, 0.2) is 12.4 Å². The van der Waals surface area contributed by atoms with E-state index in [1.165, 1.54) is 19.2 Å². The van der Waals surface area contributed by atoms with E-state index in [1.807, 2.05) is 39.0 Å². The molecule has 0 aliphatic rings. The number of carboxylic acid groups (broad SMARTS) is 1. The standard InChI is InChI=1S/C20H22ClNO5/c1-11(2)14-6-5-12(3)7-17(14)27-10-18(23)22-16-9-13(20(24)25)8-15(21)19(16)26-4/h5-9,11H,10H2,1-4H3,(H,22,23)(H,24,25). The van der Waals surface area contributed by atoms with Gasteiger partial charge in [0, 0.05) is 0 Å². The van der Waals surface area contributed by atoms with Gasteiger partial charge < -0.3 is 19.9 Å². The van der Waals surface area contributed by atoms with E-state index < -0.39 is 11.9 Å². The fraction of sp³-hybridized carbons (Fsp3) is 0.300. The van der Waals surface area contributed by atoms with Crippen LogP contribution in [0.1, 0.15) is 41.3 Å². The van der Waals surface area contributed by atoms with Crippen LogP contribution in [0.5, 0.6) is 11.5 Å². The average molecular weight is 392 g/mol. The largest absolute Gasteiger partial charge is 0.493 e. The quantitative estimate of drug-likeness (QED) is 0.726. The zero-order chi connectivity index (χ0) is 20.1. The van der Waals surface area contributed by atoms with Crippen LogP contribution in [0, 0.1) is 6.92 Å². The van der Waals surface area contributed by atoms with Gasteiger partial charge in [-0.3, -0.25) is 4.79 Å². The molecule has 0 fully saturated rings. The summed E-state index contributed by atoms with van der Waals surface area (Å²) in [6, 6.07) is 8.40. The van der Waals surface area contributed by atoms with Crippen molar-refractivity contribution < 1.29 is 24.2 Å². The molecular formula is C20H22ClNO5. The minimum atomic E-state index is -1.16. The van der Waals surface area contributed by atoms with Crippen LogP contribution in [-0.2, 0) is 4.79 Å². The van der Waals surface area contributed by atoms with Crippen LogP contribution in [0.3, 0.4) is 0 Å². The Morgan fingerprint density at radius 3 is 2.52 bits per heavy atom. The van der Waals surface area contributed by atoms with Gasteiger partial charge in [0.1, 0.15) is 5.75 Å². The number of halogens is 1. The molecule has 0 aliphatic heterocycles. The van der Waals surface area contributed by atoms with Gasteiger partial charge in [-0.05, 0) is 42.2 Å². The lowest BCUT2D eigenvalue weighted by molar-refractivity contribution is -0.118. The molecule has 1 amide bonds. The number of methoxy groups -OCH3 is 1. The van der Waals surface area contributed by atoms with Gasteiger partial charge in [0.05, 0.1) is 23.4 Å². The number of anilines is 1. The fourth-order valence-corrected chi connectivity index (χ4v) is 2.89. The van der Waals surface area contributed by atoms with Gasteiger partial charge in [-0.15, -0.1) is 0 Å². The maximum Gasteiger partial charge on any atom is 0.335 e. The zero-order valence-electron chi connectivity index (χ0n) is 15.6. The Morgan fingerprint density at radius 1 is 1.22 bits per heavy atom. The molecule has 6 nitrogen and oxygen atoms in total. The number of carbonyl (C=O) groups is 2. The molecule has 2 aromatic rings. The van der Waals surface area contributed by atoms with Crippen molar-refractivity contribution in [2.75, 3.05) is 19.0 Å². The number of ether oxygens (including phenoxy) is 2. The molecule has 0 saturated carbocycles. The summed E-state index contributed by atoms with van der Waals surface area (Å²) in [6.07, 6.45) is 0. The molecule has 0 saturated heterocycles. The van der Waals surface area contributed by atoms with Gasteiger partial charge in [0.2, 0.25) is 0 Å². The van der Waals surface area contributed by atoms with Crippen LogP contribution in [0.25, 0.3) is 0 Å². The van der Waals surface area contributed by atoms with Crippen LogP contribution in [0.2, 0.25) is 5.02 Å². The minimum absolute atomic E-state index is 0.0576. The third-order valence-corrected chi connectivity index (χ3v) is 4.20. The second-order valence-electron chi connectivity index (χ2n) is 6.38. The number of benzene rings is 2. The van der Waals surface area contributed by atoms with Crippen molar-refractivity contribution in [3.63, 3.8) is 0 Å². The maximum absolute atomic E-state index is 12.3. The molecule has 2 aromatic carbocycles. The van der Waals surface area contributed by atoms with Crippen LogP contribution in [-0.4, -0.2) is 30.7 Å². The first-order valence-electron chi connectivity index (χ1n) is 8.37. The van der Waals surface area contributed by atoms with E-state index in [1.54, 1.807) is 0 Å². The van der Waals surface area contributed by atoms with Crippen LogP contribution >= 0.6 is 11.6 Å². The Morgan fingerprint density at radius 2 is 1.93 bits per heavy atom. The SMILES string of the molecule is COc1c(Cl)cc(C(=O)O)cc1NC(=O)COc1cc(C)ccc1C(C)C. The van der Waals surface area contributed by atoms with Gasteiger partial charge in [-0.1, -0.05) is 37.6 Å². The Labute approximate surface area is 163 Å². The van der Waals surface area contributed by atoms with Crippen molar-refractivity contribution in [1.82, 2.24) is 0 Å². The summed E-state index contributed by atoms with van der Waals surface area (Å²) in [6.45, 7) is 5.80. The van der Waals surface area contributed by atoms with E-state index in [0.29, 0.717) is 5.75 Å². The van der Waals surface area contributed by atoms with Crippen molar-refractivity contribution in [2.45, 2.75) is 26.7 Å². The Kier molecular flexibility index (Phi) is 6.69. The molecule has 2 rings (SSSR count). The Bertz CT molecular complexity index is 864. The van der Waals surface area contributed by atoms with Crippen LogP contribution in [0.15, 0.2) is 30.3 Å². The molecule has 144 valence electrons. The molecule has 0 spiro atoms. The predicted octanol–water partition coefficient (Wildman–Crippen LogP) is 4.50. The monoisotopic (exact) mass is 391 g/mol. The third kappa shape index (κ3) is 5.14. The molecular weight excluding hydrogens is 370 g/mol. The highest BCUT2D eigenvalue weighted by Gasteiger charge is 2.17. The first kappa shape index (κ1) is 20.6. The summed E-state index contributed by atoms with van der Waals surface area (Å²) in [5, 5.41) is 11.8. The lowest BCUT2D eigenvalue weighted by Crippen LogP contribution is -2.21. The highest BCUT2D eigenvalue weighted by Crippen LogP contribution is 2.34. The van der Waals surface area contributed by atoms with Crippen molar-refractivity contribution in [3.8, 4) is 11.5 Å². The van der Waals surface area contributed by atoms with Crippen LogP contribution < -0.4 is 14.8 Å². The molecule has 27 heavy (non-hydrogen) atoms. The molecule has 0 radical (unpaired) electrons. The number of aryl methyl sites for hydroxylation is 1. The lowest BCUT2D eigenvalue weighted by Gasteiger charge is -2.16. The molecule has 0 heterocycles. The van der Waals surface area contributed by atoms with E-state index in [9.17, 15) is 9.59 Å². The molecule has 0 bridgehead atoms. The average Bonchev–Trinajstić information content (AvgIpc) is 2.59. The van der Waals surface area contributed by atoms with Gasteiger partial charge in [0.25, 0.3) is 5.91 Å². The summed E-state index contributed by atoms with van der Waals surface area (Å²) in [7, 11) is 1.38. The van der Waals surface area contributed by atoms with E-state index in [2.05, 4.69) is 5.32 Å². The zero-order valence-corrected chi connectivity index (χ0v) is 16.4. The van der Waals surface area contributed by atoms with E-state index in [0.717, 1.165) is 11.1 Å². The molecule has 2 N–H and O–H groups in total. The van der Waals surface area contributed by atoms with Crippen LogP contribution in [0.4, 0.5) is 5.69 Å². The number of aromatic carboxylic acids is 1. The summed E-state index contributed by atoms with van der Waals surface area (Å²) in [5.74, 6) is -0.538. The predicted molar refractivity (Wildman–Crippen MR) is 104 cm³/mol. The summed E-state index contributed by atoms with van der Waals surface area (Å²) < 4.78 is 10.9. The second-order valence-corrected chi connectivity index (χ2v) is 6.78. The highest BCUT2D eigenvalue weighted by molar-refractivity contribution is 6.33. The molecule has 0 aliphatic carbocycles. The van der Waals surface area contributed by atoms with E-state index >= 15 is 0 Å². The Hall–Kier alpha value is -2.73. The van der Waals surface area contributed by atoms with Crippen molar-refractivity contribution >= 4 is 29.2 Å². The van der Waals surface area contributed by atoms with Crippen molar-refractivity contribution in [2.24, 2.45) is 0 Å².